The summed E-state index contributed by atoms with van der Waals surface area (Å²) >= 11 is 3.31. The number of anilines is 1. The molecule has 0 aliphatic rings. The Bertz CT molecular complexity index is 440. The summed E-state index contributed by atoms with van der Waals surface area (Å²) in [5.41, 5.74) is 0.509. The summed E-state index contributed by atoms with van der Waals surface area (Å²) in [5.74, 6) is 0.388. The Labute approximate surface area is 128 Å². The minimum atomic E-state index is -0.167. The third kappa shape index (κ3) is 5.85. The molecule has 7 heteroatoms. The topological polar surface area (TPSA) is 66.5 Å². The van der Waals surface area contributed by atoms with E-state index >= 15 is 0 Å². The summed E-state index contributed by atoms with van der Waals surface area (Å²) in [6.45, 7) is 2.49. The molecular formula is C13H21BrN4O2. The van der Waals surface area contributed by atoms with Crippen molar-refractivity contribution in [2.24, 2.45) is 0 Å². The Balaban J connectivity index is 2.37. The van der Waals surface area contributed by atoms with Crippen LogP contribution in [0.25, 0.3) is 0 Å². The fourth-order valence-corrected chi connectivity index (χ4v) is 1.82. The van der Waals surface area contributed by atoms with E-state index in [9.17, 15) is 4.79 Å². The van der Waals surface area contributed by atoms with Crippen molar-refractivity contribution in [3.63, 3.8) is 0 Å². The first kappa shape index (κ1) is 16.9. The first-order chi connectivity index (χ1) is 9.54. The molecule has 1 aromatic rings. The van der Waals surface area contributed by atoms with Gasteiger partial charge in [-0.2, -0.15) is 0 Å². The predicted molar refractivity (Wildman–Crippen MR) is 83.2 cm³/mol. The van der Waals surface area contributed by atoms with Gasteiger partial charge in [-0.15, -0.1) is 0 Å². The molecule has 0 aliphatic carbocycles. The number of rotatable bonds is 8. The molecule has 20 heavy (non-hydrogen) atoms. The van der Waals surface area contributed by atoms with E-state index in [1.165, 1.54) is 0 Å². The van der Waals surface area contributed by atoms with E-state index in [2.05, 4.69) is 31.5 Å². The third-order valence-electron chi connectivity index (χ3n) is 2.55. The smallest absolute Gasteiger partial charge is 0.255 e. The number of nitrogens with one attached hydrogen (secondary N) is 2. The number of amides is 1. The highest BCUT2D eigenvalue weighted by atomic mass is 79.9. The van der Waals surface area contributed by atoms with Gasteiger partial charge in [0, 0.05) is 30.8 Å². The zero-order valence-corrected chi connectivity index (χ0v) is 13.7. The van der Waals surface area contributed by atoms with Gasteiger partial charge in [-0.1, -0.05) is 0 Å². The Morgan fingerprint density at radius 1 is 1.45 bits per heavy atom. The summed E-state index contributed by atoms with van der Waals surface area (Å²) < 4.78 is 6.18. The lowest BCUT2D eigenvalue weighted by Gasteiger charge is -2.11. The molecule has 0 fully saturated rings. The summed E-state index contributed by atoms with van der Waals surface area (Å²) in [5, 5.41) is 5.71. The molecule has 0 atom stereocenters. The van der Waals surface area contributed by atoms with E-state index in [0.717, 1.165) is 11.0 Å². The minimum absolute atomic E-state index is 0.167. The number of hydrogen-bond donors (Lipinski definition) is 2. The van der Waals surface area contributed by atoms with Gasteiger partial charge in [0.15, 0.2) is 0 Å². The van der Waals surface area contributed by atoms with Crippen molar-refractivity contribution < 1.29 is 9.53 Å². The highest BCUT2D eigenvalue weighted by Crippen LogP contribution is 2.17. The quantitative estimate of drug-likeness (QED) is 0.693. The maximum absolute atomic E-state index is 12.0. The molecule has 0 spiro atoms. The van der Waals surface area contributed by atoms with Crippen LogP contribution >= 0.6 is 15.9 Å². The van der Waals surface area contributed by atoms with Crippen molar-refractivity contribution in [2.45, 2.75) is 0 Å². The van der Waals surface area contributed by atoms with Crippen molar-refractivity contribution in [1.29, 1.82) is 0 Å². The second kappa shape index (κ2) is 8.89. The normalized spacial score (nSPS) is 10.7. The van der Waals surface area contributed by atoms with Crippen LogP contribution in [0.4, 0.5) is 5.82 Å². The van der Waals surface area contributed by atoms with E-state index in [-0.39, 0.29) is 5.91 Å². The van der Waals surface area contributed by atoms with E-state index in [1.807, 2.05) is 19.0 Å². The number of halogens is 1. The molecule has 1 rings (SSSR count). The average Bonchev–Trinajstić information content (AvgIpc) is 2.42. The molecule has 0 saturated carbocycles. The van der Waals surface area contributed by atoms with Gasteiger partial charge in [0.05, 0.1) is 18.8 Å². The highest BCUT2D eigenvalue weighted by Gasteiger charge is 2.11. The summed E-state index contributed by atoms with van der Waals surface area (Å²) in [7, 11) is 5.72. The number of hydrogen-bond acceptors (Lipinski definition) is 5. The SMILES string of the molecule is CNc1ncc(Br)cc1C(=O)NCCOCCN(C)C. The number of nitrogens with zero attached hydrogens (tertiary/aromatic N) is 2. The first-order valence-corrected chi connectivity index (χ1v) is 7.18. The molecule has 0 saturated heterocycles. The standard InChI is InChI=1S/C13H21BrN4O2/c1-15-12-11(8-10(14)9-17-12)13(19)16-4-6-20-7-5-18(2)3/h8-9H,4-7H2,1-3H3,(H,15,17)(H,16,19). The number of ether oxygens (including phenoxy) is 1. The molecule has 0 bridgehead atoms. The van der Waals surface area contributed by atoms with Crippen molar-refractivity contribution in [3.8, 4) is 0 Å². The Morgan fingerprint density at radius 3 is 2.85 bits per heavy atom. The zero-order valence-electron chi connectivity index (χ0n) is 12.1. The lowest BCUT2D eigenvalue weighted by molar-refractivity contribution is 0.0900. The maximum Gasteiger partial charge on any atom is 0.255 e. The molecule has 1 aromatic heterocycles. The van der Waals surface area contributed by atoms with Gasteiger partial charge in [-0.3, -0.25) is 4.79 Å². The summed E-state index contributed by atoms with van der Waals surface area (Å²) in [6, 6.07) is 1.74. The number of carbonyl (C=O) groups excluding carboxylic acids is 1. The van der Waals surface area contributed by atoms with Gasteiger partial charge >= 0.3 is 0 Å². The molecule has 1 heterocycles. The van der Waals surface area contributed by atoms with Crippen LogP contribution in [-0.4, -0.2) is 63.2 Å². The van der Waals surface area contributed by atoms with Crippen LogP contribution in [0, 0.1) is 0 Å². The highest BCUT2D eigenvalue weighted by molar-refractivity contribution is 9.10. The molecular weight excluding hydrogens is 324 g/mol. The van der Waals surface area contributed by atoms with Gasteiger partial charge in [-0.05, 0) is 36.1 Å². The Morgan fingerprint density at radius 2 is 2.20 bits per heavy atom. The molecule has 2 N–H and O–H groups in total. The summed E-state index contributed by atoms with van der Waals surface area (Å²) in [6.07, 6.45) is 1.65. The van der Waals surface area contributed by atoms with E-state index < -0.39 is 0 Å². The molecule has 1 amide bonds. The second-order valence-electron chi connectivity index (χ2n) is 4.47. The van der Waals surface area contributed by atoms with E-state index in [0.29, 0.717) is 31.1 Å². The number of carbonyl (C=O) groups is 1. The maximum atomic E-state index is 12.0. The van der Waals surface area contributed by atoms with Crippen LogP contribution in [0.15, 0.2) is 16.7 Å². The number of aromatic nitrogens is 1. The van der Waals surface area contributed by atoms with Crippen LogP contribution in [0.3, 0.4) is 0 Å². The van der Waals surface area contributed by atoms with Crippen molar-refractivity contribution >= 4 is 27.7 Å². The van der Waals surface area contributed by atoms with E-state index in [4.69, 9.17) is 4.74 Å². The summed E-state index contributed by atoms with van der Waals surface area (Å²) in [4.78, 5) is 18.2. The van der Waals surface area contributed by atoms with Gasteiger partial charge in [0.25, 0.3) is 5.91 Å². The van der Waals surface area contributed by atoms with Crippen molar-refractivity contribution in [1.82, 2.24) is 15.2 Å². The monoisotopic (exact) mass is 344 g/mol. The van der Waals surface area contributed by atoms with Crippen LogP contribution in [-0.2, 0) is 4.74 Å². The van der Waals surface area contributed by atoms with Gasteiger partial charge < -0.3 is 20.3 Å². The number of likely N-dealkylation sites (N-methyl/N-ethyl adjacent to an activating group) is 1. The predicted octanol–water partition coefficient (Wildman–Crippen LogP) is 1.19. The number of pyridine rings is 1. The van der Waals surface area contributed by atoms with Crippen LogP contribution in [0.5, 0.6) is 0 Å². The fraction of sp³-hybridized carbons (Fsp3) is 0.538. The fourth-order valence-electron chi connectivity index (χ4n) is 1.49. The van der Waals surface area contributed by atoms with Crippen LogP contribution in [0.1, 0.15) is 10.4 Å². The first-order valence-electron chi connectivity index (χ1n) is 6.38. The average molecular weight is 345 g/mol. The molecule has 0 radical (unpaired) electrons. The van der Waals surface area contributed by atoms with Gasteiger partial charge in [0.2, 0.25) is 0 Å². The van der Waals surface area contributed by atoms with E-state index in [1.54, 1.807) is 19.3 Å². The Hall–Kier alpha value is -1.18. The third-order valence-corrected chi connectivity index (χ3v) is 2.98. The largest absolute Gasteiger partial charge is 0.378 e. The molecule has 6 nitrogen and oxygen atoms in total. The Kier molecular flexibility index (Phi) is 7.50. The van der Waals surface area contributed by atoms with Crippen molar-refractivity contribution in [2.75, 3.05) is 52.8 Å². The second-order valence-corrected chi connectivity index (χ2v) is 5.39. The molecule has 0 aromatic carbocycles. The van der Waals surface area contributed by atoms with Gasteiger partial charge in [0.1, 0.15) is 5.82 Å². The molecule has 112 valence electrons. The van der Waals surface area contributed by atoms with Crippen LogP contribution < -0.4 is 10.6 Å². The lowest BCUT2D eigenvalue weighted by Crippen LogP contribution is -2.29. The minimum Gasteiger partial charge on any atom is -0.378 e. The molecule has 0 aliphatic heterocycles. The van der Waals surface area contributed by atoms with Crippen molar-refractivity contribution in [3.05, 3.63) is 22.3 Å². The molecule has 0 unspecified atom stereocenters. The zero-order chi connectivity index (χ0) is 15.0. The lowest BCUT2D eigenvalue weighted by atomic mass is 10.2. The van der Waals surface area contributed by atoms with Crippen LogP contribution in [0.2, 0.25) is 0 Å². The van der Waals surface area contributed by atoms with Gasteiger partial charge in [-0.25, -0.2) is 4.98 Å².